The molecule has 0 radical (unpaired) electrons. The molecule has 2 N–H and O–H groups in total. The van der Waals surface area contributed by atoms with Crippen molar-refractivity contribution in [2.75, 3.05) is 19.6 Å². The zero-order valence-corrected chi connectivity index (χ0v) is 11.2. The van der Waals surface area contributed by atoms with Gasteiger partial charge in [-0.15, -0.1) is 0 Å². The van der Waals surface area contributed by atoms with Crippen LogP contribution in [0.4, 0.5) is 4.79 Å². The molecule has 2 aliphatic heterocycles. The highest BCUT2D eigenvalue weighted by atomic mass is 16.4. The first kappa shape index (κ1) is 14.6. The maximum absolute atomic E-state index is 12.1. The number of amides is 2. The van der Waals surface area contributed by atoms with Crippen LogP contribution in [0.1, 0.15) is 25.7 Å². The van der Waals surface area contributed by atoms with Crippen LogP contribution in [0.5, 0.6) is 0 Å². The van der Waals surface area contributed by atoms with Crippen LogP contribution in [0.25, 0.3) is 0 Å². The van der Waals surface area contributed by atoms with Crippen molar-refractivity contribution in [2.24, 2.45) is 5.92 Å². The van der Waals surface area contributed by atoms with E-state index in [0.717, 1.165) is 6.42 Å². The first-order valence-electron chi connectivity index (χ1n) is 6.89. The van der Waals surface area contributed by atoms with Crippen LogP contribution in [0, 0.1) is 17.2 Å². The van der Waals surface area contributed by atoms with Gasteiger partial charge >= 0.3 is 6.09 Å². The first-order chi connectivity index (χ1) is 9.52. The lowest BCUT2D eigenvalue weighted by Gasteiger charge is -2.24. The fourth-order valence-corrected chi connectivity index (χ4v) is 2.97. The Labute approximate surface area is 117 Å². The summed E-state index contributed by atoms with van der Waals surface area (Å²) in [5.74, 6) is -0.393. The Morgan fingerprint density at radius 3 is 2.70 bits per heavy atom. The monoisotopic (exact) mass is 281 g/mol. The maximum atomic E-state index is 12.1. The van der Waals surface area contributed by atoms with Gasteiger partial charge in [0.2, 0.25) is 0 Å². The molecule has 20 heavy (non-hydrogen) atoms. The van der Waals surface area contributed by atoms with E-state index in [1.807, 2.05) is 0 Å². The summed E-state index contributed by atoms with van der Waals surface area (Å²) >= 11 is 0. The predicted octanol–water partition coefficient (Wildman–Crippen LogP) is 0.252. The molecule has 7 heteroatoms. The zero-order valence-electron chi connectivity index (χ0n) is 11.2. The quantitative estimate of drug-likeness (QED) is 0.771. The van der Waals surface area contributed by atoms with E-state index in [9.17, 15) is 14.7 Å². The molecule has 0 aromatic heterocycles. The molecular formula is C13H19N3O4. The summed E-state index contributed by atoms with van der Waals surface area (Å²) in [6, 6.07) is 1.64. The van der Waals surface area contributed by atoms with Crippen LogP contribution >= 0.6 is 0 Å². The Bertz CT molecular complexity index is 434. The van der Waals surface area contributed by atoms with Crippen LogP contribution in [-0.2, 0) is 4.79 Å². The number of rotatable bonds is 3. The molecule has 2 fully saturated rings. The van der Waals surface area contributed by atoms with Crippen molar-refractivity contribution in [3.05, 3.63) is 0 Å². The summed E-state index contributed by atoms with van der Waals surface area (Å²) in [7, 11) is 0. The van der Waals surface area contributed by atoms with Gasteiger partial charge in [0, 0.05) is 19.6 Å². The molecule has 2 aliphatic rings. The smallest absolute Gasteiger partial charge is 0.407 e. The topological polar surface area (TPSA) is 105 Å². The van der Waals surface area contributed by atoms with Gasteiger partial charge in [0.25, 0.3) is 5.91 Å². The van der Waals surface area contributed by atoms with Crippen molar-refractivity contribution in [1.29, 1.82) is 5.26 Å². The number of nitriles is 1. The largest absolute Gasteiger partial charge is 0.465 e. The fraction of sp³-hybridized carbons (Fsp3) is 0.769. The molecule has 110 valence electrons. The van der Waals surface area contributed by atoms with E-state index in [-0.39, 0.29) is 12.3 Å². The van der Waals surface area contributed by atoms with Gasteiger partial charge in [0.05, 0.1) is 6.07 Å². The molecule has 2 amide bonds. The third-order valence-electron chi connectivity index (χ3n) is 4.08. The number of aliphatic hydroxyl groups excluding tert-OH is 1. The van der Waals surface area contributed by atoms with Crippen LogP contribution < -0.4 is 0 Å². The highest BCUT2D eigenvalue weighted by Gasteiger charge is 2.35. The molecule has 7 nitrogen and oxygen atoms in total. The average Bonchev–Trinajstić information content (AvgIpc) is 3.05. The predicted molar refractivity (Wildman–Crippen MR) is 68.7 cm³/mol. The zero-order chi connectivity index (χ0) is 14.7. The van der Waals surface area contributed by atoms with Gasteiger partial charge < -0.3 is 20.0 Å². The molecule has 2 saturated heterocycles. The molecule has 0 aliphatic carbocycles. The van der Waals surface area contributed by atoms with Crippen LogP contribution in [0.2, 0.25) is 0 Å². The Balaban J connectivity index is 1.86. The van der Waals surface area contributed by atoms with Gasteiger partial charge in [-0.1, -0.05) is 0 Å². The number of nitrogens with zero attached hydrogens (tertiary/aromatic N) is 3. The number of aliphatic hydroxyl groups is 1. The van der Waals surface area contributed by atoms with Crippen LogP contribution in [0.3, 0.4) is 0 Å². The van der Waals surface area contributed by atoms with Crippen molar-refractivity contribution >= 4 is 12.0 Å². The summed E-state index contributed by atoms with van der Waals surface area (Å²) in [5.41, 5.74) is 0. The van der Waals surface area contributed by atoms with Crippen LogP contribution in [-0.4, -0.2) is 63.8 Å². The molecule has 2 rings (SSSR count). The average molecular weight is 281 g/mol. The van der Waals surface area contributed by atoms with Crippen molar-refractivity contribution in [3.8, 4) is 6.07 Å². The third kappa shape index (κ3) is 3.02. The molecule has 3 atom stereocenters. The number of hydrogen-bond donors (Lipinski definition) is 2. The van der Waals surface area contributed by atoms with E-state index in [1.165, 1.54) is 9.80 Å². The van der Waals surface area contributed by atoms with Crippen molar-refractivity contribution in [2.45, 2.75) is 37.8 Å². The molecule has 0 aromatic carbocycles. The Morgan fingerprint density at radius 1 is 1.35 bits per heavy atom. The van der Waals surface area contributed by atoms with Gasteiger partial charge in [0.15, 0.2) is 0 Å². The summed E-state index contributed by atoms with van der Waals surface area (Å²) in [6.07, 6.45) is 0.272. The number of carboxylic acid groups (broad SMARTS) is 1. The first-order valence-corrected chi connectivity index (χ1v) is 6.89. The molecule has 0 saturated carbocycles. The molecule has 1 unspecified atom stereocenters. The Morgan fingerprint density at radius 2 is 2.10 bits per heavy atom. The molecule has 0 aromatic rings. The van der Waals surface area contributed by atoms with E-state index in [2.05, 4.69) is 6.07 Å². The second kappa shape index (κ2) is 6.09. The second-order valence-electron chi connectivity index (χ2n) is 5.45. The summed E-state index contributed by atoms with van der Waals surface area (Å²) in [5, 5.41) is 27.8. The van der Waals surface area contributed by atoms with Crippen LogP contribution in [0.15, 0.2) is 0 Å². The lowest BCUT2D eigenvalue weighted by molar-refractivity contribution is -0.141. The standard InChI is InChI=1S/C13H19N3O4/c14-7-10-2-1-4-16(10)12(18)11(17)6-9-3-5-15(8-9)13(19)20/h9-11,17H,1-6,8H2,(H,19,20)/t9?,10-,11+/m0/s1. The number of carbonyl (C=O) groups excluding carboxylic acids is 1. The summed E-state index contributed by atoms with van der Waals surface area (Å²) < 4.78 is 0. The minimum absolute atomic E-state index is 0.00758. The van der Waals surface area contributed by atoms with E-state index >= 15 is 0 Å². The second-order valence-corrected chi connectivity index (χ2v) is 5.45. The number of carbonyl (C=O) groups is 2. The van der Waals surface area contributed by atoms with E-state index in [4.69, 9.17) is 10.4 Å². The summed E-state index contributed by atoms with van der Waals surface area (Å²) in [4.78, 5) is 25.7. The van der Waals surface area contributed by atoms with Gasteiger partial charge in [0.1, 0.15) is 12.1 Å². The lowest BCUT2D eigenvalue weighted by atomic mass is 10.00. The highest BCUT2D eigenvalue weighted by Crippen LogP contribution is 2.24. The molecule has 0 spiro atoms. The minimum Gasteiger partial charge on any atom is -0.465 e. The van der Waals surface area contributed by atoms with E-state index in [0.29, 0.717) is 32.5 Å². The number of hydrogen-bond acceptors (Lipinski definition) is 4. The third-order valence-corrected chi connectivity index (χ3v) is 4.08. The molecule has 2 heterocycles. The highest BCUT2D eigenvalue weighted by molar-refractivity contribution is 5.81. The van der Waals surface area contributed by atoms with E-state index in [1.54, 1.807) is 0 Å². The maximum Gasteiger partial charge on any atom is 0.407 e. The lowest BCUT2D eigenvalue weighted by Crippen LogP contribution is -2.42. The Kier molecular flexibility index (Phi) is 4.45. The minimum atomic E-state index is -1.14. The summed E-state index contributed by atoms with van der Waals surface area (Å²) in [6.45, 7) is 1.33. The Hall–Kier alpha value is -1.81. The molecule has 0 bridgehead atoms. The van der Waals surface area contributed by atoms with E-state index < -0.39 is 24.1 Å². The van der Waals surface area contributed by atoms with Gasteiger partial charge in [-0.3, -0.25) is 4.79 Å². The SMILES string of the molecule is N#C[C@@H]1CCCN1C(=O)[C@H](O)CC1CCN(C(=O)O)C1. The van der Waals surface area contributed by atoms with Crippen molar-refractivity contribution in [1.82, 2.24) is 9.80 Å². The van der Waals surface area contributed by atoms with Gasteiger partial charge in [-0.2, -0.15) is 5.26 Å². The van der Waals surface area contributed by atoms with Gasteiger partial charge in [-0.25, -0.2) is 4.79 Å². The van der Waals surface area contributed by atoms with Gasteiger partial charge in [-0.05, 0) is 31.6 Å². The normalized spacial score (nSPS) is 27.4. The van der Waals surface area contributed by atoms with Crippen molar-refractivity contribution < 1.29 is 19.8 Å². The fourth-order valence-electron chi connectivity index (χ4n) is 2.97. The van der Waals surface area contributed by atoms with Crippen molar-refractivity contribution in [3.63, 3.8) is 0 Å². The molecular weight excluding hydrogens is 262 g/mol. The number of likely N-dealkylation sites (tertiary alicyclic amines) is 2.